The van der Waals surface area contributed by atoms with E-state index in [9.17, 15) is 13.6 Å². The number of hydrogen-bond donors (Lipinski definition) is 2. The van der Waals surface area contributed by atoms with Gasteiger partial charge < -0.3 is 15.4 Å². The highest BCUT2D eigenvalue weighted by Gasteiger charge is 2.47. The number of likely N-dealkylation sites (tertiary alicyclic amines) is 1. The van der Waals surface area contributed by atoms with Gasteiger partial charge in [0.2, 0.25) is 5.91 Å². The van der Waals surface area contributed by atoms with Gasteiger partial charge in [0.05, 0.1) is 19.3 Å². The Balaban J connectivity index is 1.14. The molecule has 3 heterocycles. The van der Waals surface area contributed by atoms with E-state index in [-0.39, 0.29) is 36.0 Å². The average molecular weight is 455 g/mol. The number of morpholine rings is 1. The summed E-state index contributed by atoms with van der Waals surface area (Å²) >= 11 is 0. The van der Waals surface area contributed by atoms with Crippen LogP contribution in [0.4, 0.5) is 8.78 Å². The first-order valence-corrected chi connectivity index (χ1v) is 12.9. The second kappa shape index (κ2) is 9.80. The first kappa shape index (κ1) is 22.9. The molecule has 2 N–H and O–H groups in total. The van der Waals surface area contributed by atoms with Crippen molar-refractivity contribution in [3.63, 3.8) is 0 Å². The van der Waals surface area contributed by atoms with Gasteiger partial charge in [0.15, 0.2) is 0 Å². The molecule has 1 amide bonds. The van der Waals surface area contributed by atoms with E-state index >= 15 is 0 Å². The number of alkyl halides is 2. The Labute approximate surface area is 190 Å². The van der Waals surface area contributed by atoms with Crippen LogP contribution in [0.2, 0.25) is 0 Å². The van der Waals surface area contributed by atoms with Gasteiger partial charge in [-0.15, -0.1) is 0 Å². The molecule has 9 atom stereocenters. The maximum atomic E-state index is 14.7. The first-order chi connectivity index (χ1) is 15.5. The van der Waals surface area contributed by atoms with Gasteiger partial charge in [-0.3, -0.25) is 14.6 Å². The minimum Gasteiger partial charge on any atom is -0.379 e. The van der Waals surface area contributed by atoms with Crippen molar-refractivity contribution >= 4 is 5.91 Å². The highest BCUT2D eigenvalue weighted by Crippen LogP contribution is 2.39. The van der Waals surface area contributed by atoms with Crippen molar-refractivity contribution in [1.82, 2.24) is 20.4 Å². The molecular weight excluding hydrogens is 414 g/mol. The number of carbonyl (C=O) groups is 1. The molecular formula is C24H40F2N4O2. The van der Waals surface area contributed by atoms with E-state index in [0.29, 0.717) is 37.6 Å². The van der Waals surface area contributed by atoms with Crippen LogP contribution < -0.4 is 10.6 Å². The third-order valence-corrected chi connectivity index (χ3v) is 8.90. The summed E-state index contributed by atoms with van der Waals surface area (Å²) in [6, 6.07) is 0.323. The highest BCUT2D eigenvalue weighted by molar-refractivity contribution is 5.82. The number of nitrogens with zero attached hydrogens (tertiary/aromatic N) is 2. The van der Waals surface area contributed by atoms with Crippen molar-refractivity contribution in [1.29, 1.82) is 0 Å². The number of nitrogens with one attached hydrogen (secondary N) is 2. The Morgan fingerprint density at radius 3 is 2.56 bits per heavy atom. The predicted molar refractivity (Wildman–Crippen MR) is 119 cm³/mol. The van der Waals surface area contributed by atoms with Crippen molar-refractivity contribution in [2.45, 2.75) is 94.4 Å². The van der Waals surface area contributed by atoms with Gasteiger partial charge >= 0.3 is 0 Å². The van der Waals surface area contributed by atoms with Gasteiger partial charge in [-0.05, 0) is 50.9 Å². The van der Waals surface area contributed by atoms with E-state index in [1.54, 1.807) is 0 Å². The van der Waals surface area contributed by atoms with Crippen molar-refractivity contribution in [3.8, 4) is 0 Å². The van der Waals surface area contributed by atoms with E-state index in [2.05, 4.69) is 27.4 Å². The summed E-state index contributed by atoms with van der Waals surface area (Å²) in [5.41, 5.74) is 0. The lowest BCUT2D eigenvalue weighted by Gasteiger charge is -2.38. The van der Waals surface area contributed by atoms with Gasteiger partial charge in [-0.25, -0.2) is 8.78 Å². The quantitative estimate of drug-likeness (QED) is 0.680. The van der Waals surface area contributed by atoms with Crippen LogP contribution in [0.3, 0.4) is 0 Å². The van der Waals surface area contributed by atoms with Gasteiger partial charge in [0.1, 0.15) is 12.3 Å². The monoisotopic (exact) mass is 454 g/mol. The normalized spacial score (nSPS) is 46.2. The Hall–Kier alpha value is -0.830. The molecule has 2 aliphatic carbocycles. The molecule has 8 heteroatoms. The standard InChI is InChI=1S/C24H40F2N4O2/c1-15-2-3-21(26)20-13-22(28-23(15)20)24(31)27-17-10-16(25)11-19(12-17)30-5-4-18(14-30)29-6-8-32-9-7-29/h15-23,28H,2-14H2,1H3,(H,27,31)/t15?,16?,17?,18-,19?,20?,21?,22?,23?/m0/s1. The van der Waals surface area contributed by atoms with Crippen LogP contribution in [-0.4, -0.2) is 97.7 Å². The van der Waals surface area contributed by atoms with Gasteiger partial charge in [0, 0.05) is 56.3 Å². The topological polar surface area (TPSA) is 56.8 Å². The van der Waals surface area contributed by atoms with Crippen molar-refractivity contribution < 1.29 is 18.3 Å². The maximum Gasteiger partial charge on any atom is 0.237 e. The molecule has 2 saturated carbocycles. The first-order valence-electron chi connectivity index (χ1n) is 12.9. The van der Waals surface area contributed by atoms with Gasteiger partial charge in [-0.2, -0.15) is 0 Å². The summed E-state index contributed by atoms with van der Waals surface area (Å²) in [5, 5.41) is 6.55. The molecule has 0 radical (unpaired) electrons. The third kappa shape index (κ3) is 4.84. The lowest BCUT2D eigenvalue weighted by Crippen LogP contribution is -2.53. The second-order valence-electron chi connectivity index (χ2n) is 11.0. The zero-order valence-electron chi connectivity index (χ0n) is 19.4. The maximum absolute atomic E-state index is 14.7. The third-order valence-electron chi connectivity index (χ3n) is 8.90. The lowest BCUT2D eigenvalue weighted by molar-refractivity contribution is -0.124. The molecule has 5 fully saturated rings. The second-order valence-corrected chi connectivity index (χ2v) is 11.0. The molecule has 6 nitrogen and oxygen atoms in total. The fourth-order valence-corrected chi connectivity index (χ4v) is 7.08. The Bertz CT molecular complexity index is 646. The van der Waals surface area contributed by atoms with Gasteiger partial charge in [-0.1, -0.05) is 6.92 Å². The zero-order chi connectivity index (χ0) is 22.2. The van der Waals surface area contributed by atoms with E-state index in [4.69, 9.17) is 4.74 Å². The molecule has 0 aromatic carbocycles. The van der Waals surface area contributed by atoms with Crippen molar-refractivity contribution in [3.05, 3.63) is 0 Å². The summed E-state index contributed by atoms with van der Waals surface area (Å²) < 4.78 is 34.6. The van der Waals surface area contributed by atoms with Crippen LogP contribution >= 0.6 is 0 Å². The Morgan fingerprint density at radius 1 is 0.969 bits per heavy atom. The number of carbonyl (C=O) groups excluding carboxylic acids is 1. The van der Waals surface area contributed by atoms with Crippen LogP contribution in [0.15, 0.2) is 0 Å². The zero-order valence-corrected chi connectivity index (χ0v) is 19.4. The molecule has 3 aliphatic heterocycles. The molecule has 5 aliphatic rings. The van der Waals surface area contributed by atoms with E-state index in [1.807, 2.05) is 0 Å². The number of hydrogen-bond acceptors (Lipinski definition) is 5. The summed E-state index contributed by atoms with van der Waals surface area (Å²) in [6.07, 6.45) is 3.24. The van der Waals surface area contributed by atoms with Crippen molar-refractivity contribution in [2.24, 2.45) is 11.8 Å². The van der Waals surface area contributed by atoms with Crippen LogP contribution in [0, 0.1) is 11.8 Å². The number of ether oxygens (including phenoxy) is 1. The summed E-state index contributed by atoms with van der Waals surface area (Å²) in [5.74, 6) is 0.266. The SMILES string of the molecule is CC1CCC(F)C2CC(C(=O)NC3CC(F)CC(N4CC[C@H](N5CCOCC5)C4)C3)NC12. The minimum absolute atomic E-state index is 0.0655. The number of fused-ring (bicyclic) bond motifs is 1. The molecule has 0 bridgehead atoms. The van der Waals surface area contributed by atoms with Crippen LogP contribution in [0.25, 0.3) is 0 Å². The molecule has 0 aromatic rings. The summed E-state index contributed by atoms with van der Waals surface area (Å²) in [7, 11) is 0. The van der Waals surface area contributed by atoms with Crippen LogP contribution in [0.5, 0.6) is 0 Å². The van der Waals surface area contributed by atoms with Crippen LogP contribution in [0.1, 0.15) is 51.9 Å². The molecule has 32 heavy (non-hydrogen) atoms. The molecule has 8 unspecified atom stereocenters. The van der Waals surface area contributed by atoms with E-state index in [0.717, 1.165) is 58.7 Å². The van der Waals surface area contributed by atoms with Gasteiger partial charge in [0.25, 0.3) is 0 Å². The number of amides is 1. The Kier molecular flexibility index (Phi) is 7.03. The summed E-state index contributed by atoms with van der Waals surface area (Å²) in [6.45, 7) is 7.73. The fourth-order valence-electron chi connectivity index (χ4n) is 7.08. The predicted octanol–water partition coefficient (Wildman–Crippen LogP) is 1.88. The summed E-state index contributed by atoms with van der Waals surface area (Å²) in [4.78, 5) is 18.0. The number of rotatable bonds is 4. The number of halogens is 2. The fraction of sp³-hybridized carbons (Fsp3) is 0.958. The van der Waals surface area contributed by atoms with Crippen LogP contribution in [-0.2, 0) is 9.53 Å². The van der Waals surface area contributed by atoms with E-state index < -0.39 is 12.3 Å². The van der Waals surface area contributed by atoms with E-state index in [1.165, 1.54) is 0 Å². The Morgan fingerprint density at radius 2 is 1.78 bits per heavy atom. The molecule has 5 rings (SSSR count). The molecule has 3 saturated heterocycles. The van der Waals surface area contributed by atoms with Crippen molar-refractivity contribution in [2.75, 3.05) is 39.4 Å². The molecule has 182 valence electrons. The lowest BCUT2D eigenvalue weighted by atomic mass is 9.77. The minimum atomic E-state index is -0.879. The molecule has 0 aromatic heterocycles. The largest absolute Gasteiger partial charge is 0.379 e. The average Bonchev–Trinajstić information content (AvgIpc) is 3.45. The smallest absolute Gasteiger partial charge is 0.237 e. The highest BCUT2D eigenvalue weighted by atomic mass is 19.1. The molecule has 0 spiro atoms.